The molecule has 10 nitrogen and oxygen atoms in total. The van der Waals surface area contributed by atoms with Crippen molar-refractivity contribution in [2.24, 2.45) is 0 Å². The fourth-order valence-corrected chi connectivity index (χ4v) is 8.30. The van der Waals surface area contributed by atoms with Gasteiger partial charge in [-0.3, -0.25) is 0 Å². The Morgan fingerprint density at radius 1 is 0.754 bits per heavy atom. The SMILES string of the molecule is CCc1nn2ccc(Br)cc2c1N(C)c1nc(-c2ccc(F)cc2)c(C#N)s1.CCc1nn2ccc(Br)cc2c1NC.N#Cc1sc(Cl)nc1-c1ccc(F)cc1. The van der Waals surface area contributed by atoms with Crippen LogP contribution >= 0.6 is 66.1 Å². The van der Waals surface area contributed by atoms with E-state index in [-0.39, 0.29) is 11.6 Å². The van der Waals surface area contributed by atoms with Gasteiger partial charge in [0.2, 0.25) is 0 Å². The molecule has 0 fully saturated rings. The Bertz CT molecular complexity index is 2770. The lowest BCUT2D eigenvalue weighted by Gasteiger charge is -2.16. The summed E-state index contributed by atoms with van der Waals surface area (Å²) in [7, 11) is 3.85. The largest absolute Gasteiger partial charge is 0.385 e. The fraction of sp³-hybridized carbons (Fsp3) is 0.150. The zero-order chi connectivity index (χ0) is 40.8. The van der Waals surface area contributed by atoms with Gasteiger partial charge < -0.3 is 10.2 Å². The van der Waals surface area contributed by atoms with E-state index in [0.717, 1.165) is 66.9 Å². The summed E-state index contributed by atoms with van der Waals surface area (Å²) in [5.74, 6) is -0.641. The van der Waals surface area contributed by atoms with Crippen LogP contribution in [0.25, 0.3) is 33.5 Å². The number of anilines is 3. The second-order valence-corrected chi connectivity index (χ2v) is 16.4. The van der Waals surface area contributed by atoms with Gasteiger partial charge in [0.1, 0.15) is 44.9 Å². The molecule has 6 aromatic heterocycles. The maximum absolute atomic E-state index is 13.3. The minimum absolute atomic E-state index is 0.311. The van der Waals surface area contributed by atoms with E-state index >= 15 is 0 Å². The number of nitriles is 2. The molecule has 0 saturated heterocycles. The lowest BCUT2D eigenvalue weighted by molar-refractivity contribution is 0.627. The molecule has 0 saturated carbocycles. The van der Waals surface area contributed by atoms with E-state index in [4.69, 9.17) is 21.8 Å². The van der Waals surface area contributed by atoms with Crippen molar-refractivity contribution in [3.05, 3.63) is 131 Å². The van der Waals surface area contributed by atoms with Gasteiger partial charge in [-0.2, -0.15) is 20.7 Å². The Labute approximate surface area is 356 Å². The van der Waals surface area contributed by atoms with Crippen LogP contribution in [-0.4, -0.2) is 43.3 Å². The molecule has 57 heavy (non-hydrogen) atoms. The molecule has 8 aromatic rings. The van der Waals surface area contributed by atoms with Crippen molar-refractivity contribution in [1.82, 2.24) is 29.2 Å². The molecule has 1 N–H and O–H groups in total. The van der Waals surface area contributed by atoms with Crippen LogP contribution in [0.2, 0.25) is 4.47 Å². The van der Waals surface area contributed by atoms with Crippen molar-refractivity contribution in [2.75, 3.05) is 24.3 Å². The van der Waals surface area contributed by atoms with Gasteiger partial charge >= 0.3 is 0 Å². The summed E-state index contributed by atoms with van der Waals surface area (Å²) < 4.78 is 32.0. The van der Waals surface area contributed by atoms with E-state index in [1.54, 1.807) is 24.3 Å². The molecule has 0 aliphatic rings. The number of pyridine rings is 2. The van der Waals surface area contributed by atoms with Crippen molar-refractivity contribution >= 4 is 93.7 Å². The molecule has 17 heteroatoms. The summed E-state index contributed by atoms with van der Waals surface area (Å²) in [6.07, 6.45) is 5.57. The predicted octanol–water partition coefficient (Wildman–Crippen LogP) is 11.7. The van der Waals surface area contributed by atoms with Crippen molar-refractivity contribution in [3.63, 3.8) is 0 Å². The molecule has 0 spiro atoms. The quantitative estimate of drug-likeness (QED) is 0.168. The third-order valence-electron chi connectivity index (χ3n) is 8.51. The zero-order valence-electron chi connectivity index (χ0n) is 30.7. The van der Waals surface area contributed by atoms with Crippen LogP contribution < -0.4 is 10.2 Å². The van der Waals surface area contributed by atoms with E-state index in [2.05, 4.69) is 78.3 Å². The van der Waals surface area contributed by atoms with E-state index < -0.39 is 0 Å². The molecule has 0 aliphatic carbocycles. The average molecular weight is 949 g/mol. The molecule has 0 bridgehead atoms. The highest BCUT2D eigenvalue weighted by molar-refractivity contribution is 9.10. The van der Waals surface area contributed by atoms with Gasteiger partial charge in [-0.15, -0.1) is 0 Å². The summed E-state index contributed by atoms with van der Waals surface area (Å²) >= 11 is 15.1. The molecule has 0 radical (unpaired) electrons. The molecule has 0 atom stereocenters. The highest BCUT2D eigenvalue weighted by atomic mass is 79.9. The molecule has 8 rings (SSSR count). The van der Waals surface area contributed by atoms with Crippen molar-refractivity contribution in [1.29, 1.82) is 10.5 Å². The molecular formula is C40H31Br2ClF2N10S2. The molecule has 0 amide bonds. The highest BCUT2D eigenvalue weighted by Crippen LogP contribution is 2.39. The van der Waals surface area contributed by atoms with Gasteiger partial charge in [-0.05, 0) is 85.6 Å². The Balaban J connectivity index is 0.000000159. The van der Waals surface area contributed by atoms with E-state index in [0.29, 0.717) is 41.9 Å². The second-order valence-electron chi connectivity index (χ2n) is 12.0. The summed E-state index contributed by atoms with van der Waals surface area (Å²) in [6, 6.07) is 24.0. The smallest absolute Gasteiger partial charge is 0.191 e. The Morgan fingerprint density at radius 3 is 1.77 bits per heavy atom. The number of halogens is 5. The van der Waals surface area contributed by atoms with Gasteiger partial charge in [-0.1, -0.05) is 80.0 Å². The third kappa shape index (κ3) is 9.17. The van der Waals surface area contributed by atoms with Crippen LogP contribution in [-0.2, 0) is 12.8 Å². The number of thiazole rings is 2. The van der Waals surface area contributed by atoms with Gasteiger partial charge in [0.25, 0.3) is 0 Å². The second kappa shape index (κ2) is 18.4. The van der Waals surface area contributed by atoms with E-state index in [1.165, 1.54) is 35.6 Å². The maximum atomic E-state index is 13.3. The van der Waals surface area contributed by atoms with E-state index in [9.17, 15) is 14.0 Å². The normalized spacial score (nSPS) is 10.6. The van der Waals surface area contributed by atoms with Gasteiger partial charge in [0, 0.05) is 46.6 Å². The van der Waals surface area contributed by atoms with Crippen molar-refractivity contribution in [3.8, 4) is 34.7 Å². The van der Waals surface area contributed by atoms with Crippen LogP contribution in [0.1, 0.15) is 35.0 Å². The van der Waals surface area contributed by atoms with Gasteiger partial charge in [-0.25, -0.2) is 27.8 Å². The van der Waals surface area contributed by atoms with Crippen LogP contribution in [0.4, 0.5) is 25.3 Å². The first kappa shape index (κ1) is 41.4. The minimum atomic E-state index is -0.321. The van der Waals surface area contributed by atoms with Crippen LogP contribution in [0.3, 0.4) is 0 Å². The Morgan fingerprint density at radius 2 is 1.25 bits per heavy atom. The van der Waals surface area contributed by atoms with Crippen LogP contribution in [0, 0.1) is 34.3 Å². The topological polar surface area (TPSA) is 123 Å². The van der Waals surface area contributed by atoms with Crippen molar-refractivity contribution in [2.45, 2.75) is 26.7 Å². The monoisotopic (exact) mass is 946 g/mol. The van der Waals surface area contributed by atoms with Crippen LogP contribution in [0.5, 0.6) is 0 Å². The van der Waals surface area contributed by atoms with Crippen LogP contribution in [0.15, 0.2) is 94.1 Å². The van der Waals surface area contributed by atoms with E-state index in [1.807, 2.05) is 64.7 Å². The van der Waals surface area contributed by atoms with Gasteiger partial charge in [0.05, 0.1) is 33.8 Å². The summed E-state index contributed by atoms with van der Waals surface area (Å²) in [4.78, 5) is 11.6. The zero-order valence-corrected chi connectivity index (χ0v) is 36.3. The lowest BCUT2D eigenvalue weighted by atomic mass is 10.1. The first-order valence-electron chi connectivity index (χ1n) is 17.2. The first-order chi connectivity index (χ1) is 27.5. The molecule has 0 aliphatic heterocycles. The maximum Gasteiger partial charge on any atom is 0.191 e. The minimum Gasteiger partial charge on any atom is -0.385 e. The number of nitrogens with one attached hydrogen (secondary N) is 1. The number of hydrogen-bond acceptors (Lipinski definition) is 10. The molecule has 6 heterocycles. The Kier molecular flexibility index (Phi) is 13.3. The summed E-state index contributed by atoms with van der Waals surface area (Å²) in [5.41, 5.74) is 8.65. The molecule has 2 aromatic carbocycles. The number of aromatic nitrogens is 6. The number of fused-ring (bicyclic) bond motifs is 2. The molecule has 288 valence electrons. The van der Waals surface area contributed by atoms with Crippen molar-refractivity contribution < 1.29 is 8.78 Å². The van der Waals surface area contributed by atoms with Gasteiger partial charge in [0.15, 0.2) is 9.60 Å². The number of hydrogen-bond donors (Lipinski definition) is 1. The number of nitrogens with zero attached hydrogens (tertiary/aromatic N) is 9. The lowest BCUT2D eigenvalue weighted by Crippen LogP contribution is -2.10. The third-order valence-corrected chi connectivity index (χ3v) is 11.6. The highest BCUT2D eigenvalue weighted by Gasteiger charge is 2.22. The average Bonchev–Trinajstić information content (AvgIpc) is 4.00. The molecule has 0 unspecified atom stereocenters. The predicted molar refractivity (Wildman–Crippen MR) is 232 cm³/mol. The molecular weight excluding hydrogens is 918 g/mol. The standard InChI is InChI=1S/C20H15BrFN5S.C10H12BrN3.C10H4ClFN2S/c1-3-15-19(16-10-13(21)8-9-27(16)25-15)26(2)20-24-18(17(11-23)28-20)12-4-6-14(22)7-5-12;1-3-8-10(12-2)9-6-7(11)4-5-14(9)13-8;11-10-14-9(8(5-13)15-10)6-1-3-7(12)4-2-6/h4-10H,3H2,1-2H3;4-6,12H,3H2,1-2H3;1-4H. The first-order valence-corrected chi connectivity index (χ1v) is 20.8. The Hall–Kier alpha value is -5.23. The number of aryl methyl sites for hydroxylation is 2. The number of benzene rings is 2. The fourth-order valence-electron chi connectivity index (χ4n) is 5.85. The summed E-state index contributed by atoms with van der Waals surface area (Å²) in [5, 5.41) is 31.4. The number of rotatable bonds is 7. The summed E-state index contributed by atoms with van der Waals surface area (Å²) in [6.45, 7) is 4.16.